The Hall–Kier alpha value is -4.24. The maximum absolute atomic E-state index is 11.8. The van der Waals surface area contributed by atoms with E-state index in [1.54, 1.807) is 12.5 Å². The van der Waals surface area contributed by atoms with Gasteiger partial charge in [0, 0.05) is 29.0 Å². The maximum Gasteiger partial charge on any atom is 0.262 e. The fourth-order valence-corrected chi connectivity index (χ4v) is 4.47. The van der Waals surface area contributed by atoms with Crippen molar-refractivity contribution in [3.63, 3.8) is 0 Å². The summed E-state index contributed by atoms with van der Waals surface area (Å²) in [6.45, 7) is 8.43. The Morgan fingerprint density at radius 1 is 1.23 bits per heavy atom. The van der Waals surface area contributed by atoms with Gasteiger partial charge in [-0.05, 0) is 49.7 Å². The van der Waals surface area contributed by atoms with Gasteiger partial charge in [-0.15, -0.1) is 11.3 Å². The third-order valence-electron chi connectivity index (χ3n) is 5.42. The molecule has 2 aromatic heterocycles. The second-order valence-electron chi connectivity index (χ2n) is 8.24. The van der Waals surface area contributed by atoms with Crippen LogP contribution in [-0.4, -0.2) is 39.0 Å². The zero-order valence-electron chi connectivity index (χ0n) is 19.4. The number of benzene rings is 2. The molecule has 1 N–H and O–H groups in total. The van der Waals surface area contributed by atoms with Gasteiger partial charge >= 0.3 is 0 Å². The summed E-state index contributed by atoms with van der Waals surface area (Å²) in [6, 6.07) is 13.9. The van der Waals surface area contributed by atoms with Crippen molar-refractivity contribution in [3.8, 4) is 22.7 Å². The smallest absolute Gasteiger partial charge is 0.262 e. The van der Waals surface area contributed by atoms with Gasteiger partial charge in [0.05, 0.1) is 30.0 Å². The van der Waals surface area contributed by atoms with Crippen LogP contribution in [0.2, 0.25) is 0 Å². The number of hydrogen-bond acceptors (Lipinski definition) is 6. The Balaban J connectivity index is 1.55. The number of fused-ring (bicyclic) bond motifs is 1. The molecule has 1 aliphatic heterocycles. The van der Waals surface area contributed by atoms with Crippen LogP contribution < -0.4 is 14.9 Å². The number of ether oxygens (including phenoxy) is 1. The van der Waals surface area contributed by atoms with Gasteiger partial charge in [0.1, 0.15) is 5.75 Å². The van der Waals surface area contributed by atoms with E-state index in [0.29, 0.717) is 18.0 Å². The van der Waals surface area contributed by atoms with E-state index in [0.717, 1.165) is 38.6 Å². The van der Waals surface area contributed by atoms with Gasteiger partial charge in [-0.25, -0.2) is 9.66 Å². The Bertz CT molecular complexity index is 1490. The normalized spacial score (nSPS) is 13.8. The largest absolute Gasteiger partial charge is 0.482 e. The van der Waals surface area contributed by atoms with Gasteiger partial charge < -0.3 is 14.6 Å². The average Bonchev–Trinajstić information content (AvgIpc) is 3.53. The number of nitrogens with zero attached hydrogens (tertiary/aromatic N) is 5. The molecule has 35 heavy (non-hydrogen) atoms. The highest BCUT2D eigenvalue weighted by Gasteiger charge is 2.18. The molecule has 0 aliphatic carbocycles. The lowest BCUT2D eigenvalue weighted by molar-refractivity contribution is -0.118. The van der Waals surface area contributed by atoms with Crippen molar-refractivity contribution < 1.29 is 9.53 Å². The van der Waals surface area contributed by atoms with E-state index in [-0.39, 0.29) is 12.5 Å². The van der Waals surface area contributed by atoms with Crippen LogP contribution in [0.4, 0.5) is 5.69 Å². The van der Waals surface area contributed by atoms with Crippen LogP contribution in [0.1, 0.15) is 19.4 Å². The molecule has 0 atom stereocenters. The summed E-state index contributed by atoms with van der Waals surface area (Å²) in [4.78, 5) is 21.4. The van der Waals surface area contributed by atoms with Crippen molar-refractivity contribution in [3.05, 3.63) is 89.1 Å². The zero-order chi connectivity index (χ0) is 24.4. The molecule has 0 radical (unpaired) electrons. The second-order valence-corrected chi connectivity index (χ2v) is 9.08. The molecule has 0 fully saturated rings. The minimum Gasteiger partial charge on any atom is -0.482 e. The van der Waals surface area contributed by atoms with Crippen molar-refractivity contribution in [1.82, 2.24) is 14.2 Å². The lowest BCUT2D eigenvalue weighted by atomic mass is 10.1. The number of amides is 1. The topological polar surface area (TPSA) is 85.8 Å². The highest BCUT2D eigenvalue weighted by molar-refractivity contribution is 7.07. The summed E-state index contributed by atoms with van der Waals surface area (Å²) < 4.78 is 9.31. The van der Waals surface area contributed by atoms with E-state index in [4.69, 9.17) is 14.8 Å². The van der Waals surface area contributed by atoms with Crippen LogP contribution in [0.3, 0.4) is 0 Å². The molecule has 1 amide bonds. The molecule has 0 bridgehead atoms. The molecule has 5 rings (SSSR count). The molecule has 9 heteroatoms. The Morgan fingerprint density at radius 2 is 2.06 bits per heavy atom. The molecule has 3 heterocycles. The SMILES string of the molecule is C=C(C)CN=c1scc(-c2ccc3c(c2)NC(=O)CO3)n1N=C(C)c1ccc(-n2ccnc2)cc1. The van der Waals surface area contributed by atoms with E-state index >= 15 is 0 Å². The van der Waals surface area contributed by atoms with Crippen LogP contribution in [0, 0.1) is 0 Å². The number of rotatable bonds is 6. The molecule has 4 aromatic rings. The Kier molecular flexibility index (Phi) is 6.15. The van der Waals surface area contributed by atoms with Crippen molar-refractivity contribution in [2.24, 2.45) is 10.1 Å². The number of hydrogen-bond donors (Lipinski definition) is 1. The Labute approximate surface area is 206 Å². The van der Waals surface area contributed by atoms with Gasteiger partial charge in [0.2, 0.25) is 4.80 Å². The van der Waals surface area contributed by atoms with E-state index in [2.05, 4.69) is 16.9 Å². The molecular formula is C26H24N6O2S. The first kappa shape index (κ1) is 22.5. The molecule has 1 aliphatic rings. The first-order valence-electron chi connectivity index (χ1n) is 11.0. The quantitative estimate of drug-likeness (QED) is 0.323. The fourth-order valence-electron chi connectivity index (χ4n) is 3.64. The summed E-state index contributed by atoms with van der Waals surface area (Å²) in [5.41, 5.74) is 6.24. The fraction of sp³-hybridized carbons (Fsp3) is 0.154. The minimum atomic E-state index is -0.169. The van der Waals surface area contributed by atoms with E-state index in [1.165, 1.54) is 11.3 Å². The lowest BCUT2D eigenvalue weighted by Gasteiger charge is -2.18. The molecule has 8 nitrogen and oxygen atoms in total. The predicted molar refractivity (Wildman–Crippen MR) is 138 cm³/mol. The van der Waals surface area contributed by atoms with E-state index in [9.17, 15) is 4.79 Å². The summed E-state index contributed by atoms with van der Waals surface area (Å²) in [7, 11) is 0. The van der Waals surface area contributed by atoms with Crippen molar-refractivity contribution in [1.29, 1.82) is 0 Å². The monoisotopic (exact) mass is 484 g/mol. The molecule has 2 aromatic carbocycles. The van der Waals surface area contributed by atoms with Gasteiger partial charge in [-0.3, -0.25) is 9.79 Å². The first-order valence-corrected chi connectivity index (χ1v) is 11.9. The van der Waals surface area contributed by atoms with Crippen LogP contribution in [-0.2, 0) is 4.79 Å². The van der Waals surface area contributed by atoms with Crippen LogP contribution >= 0.6 is 11.3 Å². The molecule has 0 saturated carbocycles. The highest BCUT2D eigenvalue weighted by atomic mass is 32.1. The van der Waals surface area contributed by atoms with Crippen LogP contribution in [0.25, 0.3) is 16.9 Å². The maximum atomic E-state index is 11.8. The average molecular weight is 485 g/mol. The number of aromatic nitrogens is 3. The van der Waals surface area contributed by atoms with Crippen LogP contribution in [0.15, 0.2) is 88.8 Å². The minimum absolute atomic E-state index is 0.0256. The third kappa shape index (κ3) is 4.85. The highest BCUT2D eigenvalue weighted by Crippen LogP contribution is 2.33. The molecular weight excluding hydrogens is 460 g/mol. The van der Waals surface area contributed by atoms with Gasteiger partial charge in [0.15, 0.2) is 6.61 Å². The van der Waals surface area contributed by atoms with Crippen molar-refractivity contribution >= 4 is 28.6 Å². The van der Waals surface area contributed by atoms with Gasteiger partial charge in [-0.1, -0.05) is 24.3 Å². The molecule has 0 unspecified atom stereocenters. The number of carbonyl (C=O) groups excluding carboxylic acids is 1. The van der Waals surface area contributed by atoms with Crippen molar-refractivity contribution in [2.75, 3.05) is 18.5 Å². The van der Waals surface area contributed by atoms with E-state index < -0.39 is 0 Å². The standard InChI is InChI=1S/C26H24N6O2S/c1-17(2)13-28-26-32(30-18(3)19-4-7-21(8-5-19)31-11-10-27-16-31)23(15-35-26)20-6-9-24-22(12-20)29-25(33)14-34-24/h4-12,15-16H,1,13-14H2,2-3H3,(H,29,33). The summed E-state index contributed by atoms with van der Waals surface area (Å²) >= 11 is 1.51. The summed E-state index contributed by atoms with van der Waals surface area (Å²) in [6.07, 6.45) is 5.43. The summed E-state index contributed by atoms with van der Waals surface area (Å²) in [5.74, 6) is 0.484. The van der Waals surface area contributed by atoms with Gasteiger partial charge in [0.25, 0.3) is 5.91 Å². The number of imidazole rings is 1. The third-order valence-corrected chi connectivity index (χ3v) is 6.27. The number of nitrogens with one attached hydrogen (secondary N) is 1. The molecule has 176 valence electrons. The number of thiazole rings is 1. The Morgan fingerprint density at radius 3 is 2.80 bits per heavy atom. The molecule has 0 saturated heterocycles. The van der Waals surface area contributed by atoms with Gasteiger partial charge in [-0.2, -0.15) is 5.10 Å². The van der Waals surface area contributed by atoms with Crippen LogP contribution in [0.5, 0.6) is 5.75 Å². The van der Waals surface area contributed by atoms with E-state index in [1.807, 2.05) is 77.1 Å². The zero-order valence-corrected chi connectivity index (χ0v) is 20.2. The number of anilines is 1. The predicted octanol–water partition coefficient (Wildman–Crippen LogP) is 4.48. The lowest BCUT2D eigenvalue weighted by Crippen LogP contribution is -2.25. The van der Waals surface area contributed by atoms with Crippen molar-refractivity contribution in [2.45, 2.75) is 13.8 Å². The first-order chi connectivity index (χ1) is 17.0. The summed E-state index contributed by atoms with van der Waals surface area (Å²) in [5, 5.41) is 9.84. The second kappa shape index (κ2) is 9.55. The number of carbonyl (C=O) groups is 1. The molecule has 0 spiro atoms.